The Morgan fingerprint density at radius 1 is 0.857 bits per heavy atom. The van der Waals surface area contributed by atoms with Crippen molar-refractivity contribution in [3.63, 3.8) is 0 Å². The second kappa shape index (κ2) is 4.78. The highest BCUT2D eigenvalue weighted by Crippen LogP contribution is 2.37. The van der Waals surface area contributed by atoms with Crippen LogP contribution in [0.2, 0.25) is 0 Å². The van der Waals surface area contributed by atoms with Crippen molar-refractivity contribution in [2.45, 2.75) is 13.3 Å². The van der Waals surface area contributed by atoms with Gasteiger partial charge in [0.1, 0.15) is 11.5 Å². The normalized spacial score (nSPS) is 13.1. The van der Waals surface area contributed by atoms with Gasteiger partial charge in [-0.15, -0.1) is 0 Å². The Labute approximate surface area is 124 Å². The van der Waals surface area contributed by atoms with Crippen molar-refractivity contribution >= 4 is 11.6 Å². The van der Waals surface area contributed by atoms with Gasteiger partial charge in [0.25, 0.3) is 0 Å². The number of hydrogen-bond donors (Lipinski definition) is 0. The third-order valence-corrected chi connectivity index (χ3v) is 4.04. The summed E-state index contributed by atoms with van der Waals surface area (Å²) in [5.74, 6) is 1.95. The van der Waals surface area contributed by atoms with Crippen molar-refractivity contribution < 1.29 is 4.42 Å². The first-order chi connectivity index (χ1) is 10.3. The molecule has 4 rings (SSSR count). The minimum Gasteiger partial charge on any atom is -0.462 e. The molecule has 1 aliphatic rings. The molecule has 0 N–H and O–H groups in total. The number of rotatable bonds is 2. The Balaban J connectivity index is 1.82. The largest absolute Gasteiger partial charge is 0.462 e. The highest BCUT2D eigenvalue weighted by Gasteiger charge is 2.19. The van der Waals surface area contributed by atoms with Crippen LogP contribution < -0.4 is 0 Å². The van der Waals surface area contributed by atoms with E-state index in [4.69, 9.17) is 4.42 Å². The molecule has 0 amide bonds. The van der Waals surface area contributed by atoms with Gasteiger partial charge in [-0.3, -0.25) is 0 Å². The molecule has 0 atom stereocenters. The van der Waals surface area contributed by atoms with Crippen molar-refractivity contribution in [1.29, 1.82) is 0 Å². The number of benzene rings is 2. The monoisotopic (exact) mass is 272 g/mol. The topological polar surface area (TPSA) is 13.1 Å². The van der Waals surface area contributed by atoms with Crippen LogP contribution in [0.4, 0.5) is 0 Å². The molecule has 0 bridgehead atoms. The smallest absolute Gasteiger partial charge is 0.130 e. The van der Waals surface area contributed by atoms with Crippen molar-refractivity contribution in [3.05, 3.63) is 83.3 Å². The van der Waals surface area contributed by atoms with Gasteiger partial charge in [0.15, 0.2) is 0 Å². The van der Waals surface area contributed by atoms with Gasteiger partial charge < -0.3 is 4.42 Å². The lowest BCUT2D eigenvalue weighted by Crippen LogP contribution is -1.87. The first-order valence-corrected chi connectivity index (χ1v) is 7.26. The summed E-state index contributed by atoms with van der Waals surface area (Å²) in [4.78, 5) is 0. The molecule has 1 heteroatoms. The summed E-state index contributed by atoms with van der Waals surface area (Å²) in [6.45, 7) is 1.99. The minimum atomic E-state index is 0.947. The minimum absolute atomic E-state index is 0.947. The first-order valence-electron chi connectivity index (χ1n) is 7.26. The van der Waals surface area contributed by atoms with Crippen molar-refractivity contribution in [2.24, 2.45) is 0 Å². The molecule has 0 unspecified atom stereocenters. The van der Waals surface area contributed by atoms with Crippen LogP contribution in [0.15, 0.2) is 65.1 Å². The van der Waals surface area contributed by atoms with E-state index in [9.17, 15) is 0 Å². The van der Waals surface area contributed by atoms with E-state index >= 15 is 0 Å². The number of allylic oxidation sites excluding steroid dienone is 1. The van der Waals surface area contributed by atoms with E-state index in [1.165, 1.54) is 27.8 Å². The highest BCUT2D eigenvalue weighted by atomic mass is 16.3. The molecular formula is C20H16O. The van der Waals surface area contributed by atoms with Crippen LogP contribution in [-0.4, -0.2) is 0 Å². The molecule has 1 aromatic heterocycles. The van der Waals surface area contributed by atoms with Crippen LogP contribution in [0, 0.1) is 6.92 Å². The standard InChI is InChI=1S/C20H16O/c1-14-10-11-20(21-14)17-12-16-8-5-9-18(19(16)13-17)15-6-3-2-4-7-15/h2-11,13H,12H2,1H3. The summed E-state index contributed by atoms with van der Waals surface area (Å²) >= 11 is 0. The molecule has 3 aromatic rings. The van der Waals surface area contributed by atoms with Crippen LogP contribution in [0.5, 0.6) is 0 Å². The summed E-state index contributed by atoms with van der Waals surface area (Å²) in [5.41, 5.74) is 6.53. The fourth-order valence-corrected chi connectivity index (χ4v) is 3.00. The Hall–Kier alpha value is -2.54. The van der Waals surface area contributed by atoms with E-state index in [1.54, 1.807) is 0 Å². The molecule has 1 nitrogen and oxygen atoms in total. The number of hydrogen-bond acceptors (Lipinski definition) is 1. The predicted molar refractivity (Wildman–Crippen MR) is 86.9 cm³/mol. The van der Waals surface area contributed by atoms with Crippen LogP contribution in [0.25, 0.3) is 22.8 Å². The highest BCUT2D eigenvalue weighted by molar-refractivity contribution is 5.92. The molecule has 0 radical (unpaired) electrons. The van der Waals surface area contributed by atoms with Gasteiger partial charge in [-0.2, -0.15) is 0 Å². The average Bonchev–Trinajstić information content (AvgIpc) is 3.13. The molecule has 0 saturated heterocycles. The second-order valence-corrected chi connectivity index (χ2v) is 5.50. The van der Waals surface area contributed by atoms with Gasteiger partial charge in [0, 0.05) is 6.42 Å². The zero-order valence-corrected chi connectivity index (χ0v) is 12.0. The SMILES string of the molecule is Cc1ccc(C2=Cc3c(cccc3-c3ccccc3)C2)o1. The molecule has 102 valence electrons. The van der Waals surface area contributed by atoms with Gasteiger partial charge in [0.2, 0.25) is 0 Å². The first kappa shape index (κ1) is 12.2. The molecular weight excluding hydrogens is 256 g/mol. The maximum Gasteiger partial charge on any atom is 0.130 e. The van der Waals surface area contributed by atoms with Gasteiger partial charge in [-0.1, -0.05) is 48.5 Å². The van der Waals surface area contributed by atoms with Gasteiger partial charge in [-0.25, -0.2) is 0 Å². The van der Waals surface area contributed by atoms with Crippen molar-refractivity contribution in [3.8, 4) is 11.1 Å². The van der Waals surface area contributed by atoms with Crippen molar-refractivity contribution in [1.82, 2.24) is 0 Å². The average molecular weight is 272 g/mol. The third kappa shape index (κ3) is 2.11. The molecule has 21 heavy (non-hydrogen) atoms. The lowest BCUT2D eigenvalue weighted by atomic mass is 9.97. The Morgan fingerprint density at radius 2 is 1.71 bits per heavy atom. The zero-order valence-electron chi connectivity index (χ0n) is 12.0. The van der Waals surface area contributed by atoms with Gasteiger partial charge >= 0.3 is 0 Å². The number of aryl methyl sites for hydroxylation is 1. The maximum atomic E-state index is 5.78. The predicted octanol–water partition coefficient (Wildman–Crippen LogP) is 5.35. The molecule has 1 aliphatic carbocycles. The maximum absolute atomic E-state index is 5.78. The summed E-state index contributed by atoms with van der Waals surface area (Å²) in [6.07, 6.45) is 3.22. The van der Waals surface area contributed by atoms with Crippen LogP contribution in [0.3, 0.4) is 0 Å². The second-order valence-electron chi connectivity index (χ2n) is 5.50. The molecule has 0 saturated carbocycles. The molecule has 0 aliphatic heterocycles. The van der Waals surface area contributed by atoms with Crippen molar-refractivity contribution in [2.75, 3.05) is 0 Å². The fraction of sp³-hybridized carbons (Fsp3) is 0.100. The molecule has 0 spiro atoms. The molecule has 2 aromatic carbocycles. The Bertz CT molecular complexity index is 822. The van der Waals surface area contributed by atoms with Crippen LogP contribution in [-0.2, 0) is 6.42 Å². The van der Waals surface area contributed by atoms with Gasteiger partial charge in [-0.05, 0) is 53.0 Å². The van der Waals surface area contributed by atoms with Crippen LogP contribution >= 0.6 is 0 Å². The van der Waals surface area contributed by atoms with E-state index in [2.05, 4.69) is 60.7 Å². The quantitative estimate of drug-likeness (QED) is 0.612. The summed E-state index contributed by atoms with van der Waals surface area (Å²) in [6, 6.07) is 21.2. The van der Waals surface area contributed by atoms with Crippen LogP contribution in [0.1, 0.15) is 22.6 Å². The van der Waals surface area contributed by atoms with E-state index in [1.807, 2.05) is 13.0 Å². The summed E-state index contributed by atoms with van der Waals surface area (Å²) < 4.78 is 5.78. The lowest BCUT2D eigenvalue weighted by molar-refractivity contribution is 0.521. The molecule has 1 heterocycles. The number of fused-ring (bicyclic) bond motifs is 1. The Morgan fingerprint density at radius 3 is 2.48 bits per heavy atom. The lowest BCUT2D eigenvalue weighted by Gasteiger charge is -2.07. The summed E-state index contributed by atoms with van der Waals surface area (Å²) in [5, 5.41) is 0. The van der Waals surface area contributed by atoms with E-state index in [-0.39, 0.29) is 0 Å². The number of furan rings is 1. The summed E-state index contributed by atoms with van der Waals surface area (Å²) in [7, 11) is 0. The Kier molecular flexibility index (Phi) is 2.78. The van der Waals surface area contributed by atoms with E-state index in [0.29, 0.717) is 0 Å². The third-order valence-electron chi connectivity index (χ3n) is 4.04. The fourth-order valence-electron chi connectivity index (χ4n) is 3.00. The zero-order chi connectivity index (χ0) is 14.2. The van der Waals surface area contributed by atoms with E-state index < -0.39 is 0 Å². The van der Waals surface area contributed by atoms with Gasteiger partial charge in [0.05, 0.1) is 0 Å². The van der Waals surface area contributed by atoms with E-state index in [0.717, 1.165) is 17.9 Å². The molecule has 0 fully saturated rings.